The maximum Gasteiger partial charge on any atom is 0.0211 e. The Bertz CT molecular complexity index is 216. The van der Waals surface area contributed by atoms with E-state index >= 15 is 0 Å². The number of hydrogen-bond acceptors (Lipinski definition) is 0. The molecule has 0 aliphatic heterocycles. The minimum Gasteiger partial charge on any atom is -0.104 e. The van der Waals surface area contributed by atoms with Crippen molar-refractivity contribution in [3.05, 3.63) is 6.92 Å². The van der Waals surface area contributed by atoms with E-state index in [2.05, 4.69) is 44.5 Å². The Morgan fingerprint density at radius 3 is 2.46 bits per heavy atom. The molecule has 0 heterocycles. The van der Waals surface area contributed by atoms with Crippen molar-refractivity contribution < 1.29 is 0 Å². The highest BCUT2D eigenvalue weighted by Crippen LogP contribution is 2.11. The van der Waals surface area contributed by atoms with E-state index in [-0.39, 0.29) is 0 Å². The van der Waals surface area contributed by atoms with Crippen molar-refractivity contribution in [2.45, 2.75) is 46.0 Å². The summed E-state index contributed by atoms with van der Waals surface area (Å²) in [5.41, 5.74) is 0. The molecule has 1 unspecified atom stereocenters. The Balaban J connectivity index is 3.73. The van der Waals surface area contributed by atoms with Gasteiger partial charge in [-0.05, 0) is 12.8 Å². The normalized spacial score (nSPS) is 10.7. The molecular weight excluding hydrogens is 156 g/mol. The molecule has 0 fully saturated rings. The fraction of sp³-hybridized carbons (Fsp3) is 0.615. The summed E-state index contributed by atoms with van der Waals surface area (Å²) in [6.45, 7) is 7.82. The van der Waals surface area contributed by atoms with E-state index in [0.717, 1.165) is 19.3 Å². The van der Waals surface area contributed by atoms with Crippen molar-refractivity contribution in [3.63, 3.8) is 0 Å². The fourth-order valence-electron chi connectivity index (χ4n) is 1.24. The Labute approximate surface area is 83.1 Å². The lowest BCUT2D eigenvalue weighted by Gasteiger charge is -2.05. The minimum atomic E-state index is 0.508. The lowest BCUT2D eigenvalue weighted by Crippen LogP contribution is -1.95. The summed E-state index contributed by atoms with van der Waals surface area (Å²) < 4.78 is 0. The largest absolute Gasteiger partial charge is 0.104 e. The zero-order chi connectivity index (χ0) is 9.94. The average Bonchev–Trinajstić information content (AvgIpc) is 2.13. The molecule has 0 amide bonds. The topological polar surface area (TPSA) is 0 Å². The highest BCUT2D eigenvalue weighted by Gasteiger charge is 2.01. The summed E-state index contributed by atoms with van der Waals surface area (Å²) in [4.78, 5) is 0. The molecule has 13 heavy (non-hydrogen) atoms. The standard InChI is InChI=1S/C13H19/c1-4-7-8-9-12-13(10-5-2)11-6-3/h13H,2,4,6,9,11-12H2,1,3H3. The predicted molar refractivity (Wildman–Crippen MR) is 58.8 cm³/mol. The zero-order valence-electron chi connectivity index (χ0n) is 8.82. The molecule has 0 saturated heterocycles. The second-order valence-corrected chi connectivity index (χ2v) is 3.05. The molecule has 0 saturated carbocycles. The summed E-state index contributed by atoms with van der Waals surface area (Å²) in [6.07, 6.45) is 5.41. The van der Waals surface area contributed by atoms with Crippen LogP contribution in [-0.2, 0) is 0 Å². The molecule has 0 aromatic carbocycles. The van der Waals surface area contributed by atoms with Gasteiger partial charge < -0.3 is 0 Å². The van der Waals surface area contributed by atoms with E-state index < -0.39 is 0 Å². The van der Waals surface area contributed by atoms with Crippen LogP contribution in [0.5, 0.6) is 0 Å². The summed E-state index contributed by atoms with van der Waals surface area (Å²) in [5, 5.41) is 0. The monoisotopic (exact) mass is 175 g/mol. The molecule has 1 atom stereocenters. The van der Waals surface area contributed by atoms with Crippen LogP contribution in [0.3, 0.4) is 0 Å². The Hall–Kier alpha value is -0.880. The molecular formula is C13H19. The van der Waals surface area contributed by atoms with E-state index in [0.29, 0.717) is 5.92 Å². The lowest BCUT2D eigenvalue weighted by atomic mass is 9.99. The van der Waals surface area contributed by atoms with Crippen LogP contribution in [0.1, 0.15) is 46.0 Å². The van der Waals surface area contributed by atoms with Gasteiger partial charge in [0.25, 0.3) is 0 Å². The van der Waals surface area contributed by atoms with E-state index in [1.54, 1.807) is 0 Å². The quantitative estimate of drug-likeness (QED) is 0.574. The Kier molecular flexibility index (Phi) is 8.59. The minimum absolute atomic E-state index is 0.508. The summed E-state index contributed by atoms with van der Waals surface area (Å²) in [6, 6.07) is 0. The first kappa shape index (κ1) is 12.1. The first-order valence-corrected chi connectivity index (χ1v) is 5.08. The second kappa shape index (κ2) is 9.21. The van der Waals surface area contributed by atoms with E-state index in [1.165, 1.54) is 12.8 Å². The van der Waals surface area contributed by atoms with Crippen LogP contribution < -0.4 is 0 Å². The van der Waals surface area contributed by atoms with E-state index in [1.807, 2.05) is 0 Å². The van der Waals surface area contributed by atoms with Crippen LogP contribution in [0.2, 0.25) is 0 Å². The maximum atomic E-state index is 3.55. The summed E-state index contributed by atoms with van der Waals surface area (Å²) in [5.74, 6) is 12.6. The van der Waals surface area contributed by atoms with Crippen LogP contribution in [0.25, 0.3) is 0 Å². The molecule has 71 valence electrons. The first-order chi connectivity index (χ1) is 6.35. The first-order valence-electron chi connectivity index (χ1n) is 5.08. The summed E-state index contributed by atoms with van der Waals surface area (Å²) >= 11 is 0. The van der Waals surface area contributed by atoms with Gasteiger partial charge in [-0.1, -0.05) is 26.2 Å². The highest BCUT2D eigenvalue weighted by molar-refractivity contribution is 5.07. The van der Waals surface area contributed by atoms with E-state index in [4.69, 9.17) is 0 Å². The van der Waals surface area contributed by atoms with E-state index in [9.17, 15) is 0 Å². The van der Waals surface area contributed by atoms with Crippen molar-refractivity contribution in [2.24, 2.45) is 5.92 Å². The van der Waals surface area contributed by atoms with Crippen molar-refractivity contribution in [1.29, 1.82) is 0 Å². The van der Waals surface area contributed by atoms with Crippen LogP contribution in [-0.4, -0.2) is 0 Å². The fourth-order valence-corrected chi connectivity index (χ4v) is 1.24. The van der Waals surface area contributed by atoms with Gasteiger partial charge in [-0.15, -0.1) is 17.8 Å². The van der Waals surface area contributed by atoms with Gasteiger partial charge >= 0.3 is 0 Å². The van der Waals surface area contributed by atoms with Gasteiger partial charge in [-0.25, -0.2) is 0 Å². The average molecular weight is 175 g/mol. The molecule has 0 aromatic heterocycles. The van der Waals surface area contributed by atoms with Crippen molar-refractivity contribution in [1.82, 2.24) is 0 Å². The predicted octanol–water partition coefficient (Wildman–Crippen LogP) is 3.43. The molecule has 0 N–H and O–H groups in total. The van der Waals surface area contributed by atoms with Gasteiger partial charge in [-0.3, -0.25) is 0 Å². The third-order valence-corrected chi connectivity index (χ3v) is 1.86. The second-order valence-electron chi connectivity index (χ2n) is 3.05. The molecule has 0 bridgehead atoms. The van der Waals surface area contributed by atoms with Gasteiger partial charge in [0.1, 0.15) is 0 Å². The van der Waals surface area contributed by atoms with Crippen LogP contribution >= 0.6 is 0 Å². The third-order valence-electron chi connectivity index (χ3n) is 1.86. The molecule has 0 heteroatoms. The zero-order valence-corrected chi connectivity index (χ0v) is 8.82. The van der Waals surface area contributed by atoms with Gasteiger partial charge in [0.2, 0.25) is 0 Å². The molecule has 0 aromatic rings. The maximum absolute atomic E-state index is 3.55. The van der Waals surface area contributed by atoms with Crippen LogP contribution in [0, 0.1) is 36.5 Å². The molecule has 0 aliphatic rings. The van der Waals surface area contributed by atoms with Crippen molar-refractivity contribution >= 4 is 0 Å². The third kappa shape index (κ3) is 7.48. The molecule has 0 spiro atoms. The smallest absolute Gasteiger partial charge is 0.0211 e. The lowest BCUT2D eigenvalue weighted by molar-refractivity contribution is 0.563. The van der Waals surface area contributed by atoms with Gasteiger partial charge in [0.15, 0.2) is 0 Å². The molecule has 0 aliphatic carbocycles. The number of hydrogen-bond donors (Lipinski definition) is 0. The van der Waals surface area contributed by atoms with Gasteiger partial charge in [0, 0.05) is 25.7 Å². The Morgan fingerprint density at radius 2 is 1.92 bits per heavy atom. The van der Waals surface area contributed by atoms with Crippen LogP contribution in [0.15, 0.2) is 0 Å². The van der Waals surface area contributed by atoms with Gasteiger partial charge in [0.05, 0.1) is 0 Å². The van der Waals surface area contributed by atoms with Crippen LogP contribution in [0.4, 0.5) is 0 Å². The van der Waals surface area contributed by atoms with Crippen molar-refractivity contribution in [3.8, 4) is 23.7 Å². The van der Waals surface area contributed by atoms with Gasteiger partial charge in [-0.2, -0.15) is 0 Å². The van der Waals surface area contributed by atoms with Crippen molar-refractivity contribution in [2.75, 3.05) is 0 Å². The number of rotatable bonds is 4. The Morgan fingerprint density at radius 1 is 1.15 bits per heavy atom. The molecule has 1 radical (unpaired) electrons. The molecule has 0 rings (SSSR count). The highest BCUT2D eigenvalue weighted by atomic mass is 14.0. The SMILES string of the molecule is [CH2]C#CC(CCC)CCC#CCC. The summed E-state index contributed by atoms with van der Waals surface area (Å²) in [7, 11) is 0. The molecule has 0 nitrogen and oxygen atoms in total.